The van der Waals surface area contributed by atoms with Crippen LogP contribution >= 0.6 is 0 Å². The molecule has 0 atom stereocenters. The minimum atomic E-state index is 0.818. The molecular formula is C10H14O. The smallest absolute Gasteiger partial charge is 0.118 e. The zero-order valence-corrected chi connectivity index (χ0v) is 7.18. The summed E-state index contributed by atoms with van der Waals surface area (Å²) in [7, 11) is 0. The molecule has 0 aromatic carbocycles. The lowest BCUT2D eigenvalue weighted by Crippen LogP contribution is -1.80. The third-order valence-corrected chi connectivity index (χ3v) is 1.63. The lowest BCUT2D eigenvalue weighted by atomic mass is 10.1. The number of allylic oxidation sites excluding steroid dienone is 4. The Bertz CT molecular complexity index is 221. The Labute approximate surface area is 68.1 Å². The zero-order valence-electron chi connectivity index (χ0n) is 7.18. The van der Waals surface area contributed by atoms with E-state index >= 15 is 0 Å². The number of hydrogen-bond donors (Lipinski definition) is 0. The van der Waals surface area contributed by atoms with Crippen molar-refractivity contribution < 1.29 is 4.74 Å². The second kappa shape index (κ2) is 3.42. The lowest BCUT2D eigenvalue weighted by Gasteiger charge is -1.97. The van der Waals surface area contributed by atoms with E-state index in [0.717, 1.165) is 24.4 Å². The van der Waals surface area contributed by atoms with Gasteiger partial charge in [-0.25, -0.2) is 0 Å². The van der Waals surface area contributed by atoms with Crippen LogP contribution < -0.4 is 0 Å². The molecule has 60 valence electrons. The molecule has 0 unspecified atom stereocenters. The number of rotatable bonds is 1. The molecule has 1 nitrogen and oxygen atoms in total. The summed E-state index contributed by atoms with van der Waals surface area (Å²) in [6, 6.07) is 0. The molecule has 0 saturated carbocycles. The predicted molar refractivity (Wildman–Crippen MR) is 47.2 cm³/mol. The molecular weight excluding hydrogens is 136 g/mol. The van der Waals surface area contributed by atoms with E-state index in [1.54, 1.807) is 0 Å². The highest BCUT2D eigenvalue weighted by Crippen LogP contribution is 2.24. The SMILES string of the molecule is C=C(C)/C=C1/CCO/C1=C/C. The van der Waals surface area contributed by atoms with Crippen molar-refractivity contribution in [3.05, 3.63) is 35.6 Å². The summed E-state index contributed by atoms with van der Waals surface area (Å²) in [6.07, 6.45) is 5.11. The van der Waals surface area contributed by atoms with E-state index in [4.69, 9.17) is 4.74 Å². The Kier molecular flexibility index (Phi) is 2.53. The number of hydrogen-bond acceptors (Lipinski definition) is 1. The van der Waals surface area contributed by atoms with Gasteiger partial charge < -0.3 is 4.74 Å². The summed E-state index contributed by atoms with van der Waals surface area (Å²) in [5, 5.41) is 0. The van der Waals surface area contributed by atoms with Gasteiger partial charge >= 0.3 is 0 Å². The summed E-state index contributed by atoms with van der Waals surface area (Å²) in [5.74, 6) is 1.02. The average Bonchev–Trinajstić information content (AvgIpc) is 2.34. The summed E-state index contributed by atoms with van der Waals surface area (Å²) in [4.78, 5) is 0. The fraction of sp³-hybridized carbons (Fsp3) is 0.400. The van der Waals surface area contributed by atoms with Crippen LogP contribution in [0.1, 0.15) is 20.3 Å². The van der Waals surface area contributed by atoms with Gasteiger partial charge in [0.2, 0.25) is 0 Å². The van der Waals surface area contributed by atoms with Gasteiger partial charge in [-0.05, 0) is 25.5 Å². The Hall–Kier alpha value is -0.980. The molecule has 0 aromatic rings. The molecule has 1 aliphatic rings. The van der Waals surface area contributed by atoms with Crippen LogP contribution in [0.3, 0.4) is 0 Å². The van der Waals surface area contributed by atoms with Crippen LogP contribution in [0, 0.1) is 0 Å². The second-order valence-corrected chi connectivity index (χ2v) is 2.77. The molecule has 11 heavy (non-hydrogen) atoms. The zero-order chi connectivity index (χ0) is 8.27. The summed E-state index contributed by atoms with van der Waals surface area (Å²) in [5.41, 5.74) is 2.37. The Morgan fingerprint density at radius 1 is 1.64 bits per heavy atom. The fourth-order valence-electron chi connectivity index (χ4n) is 1.20. The minimum absolute atomic E-state index is 0.818. The minimum Gasteiger partial charge on any atom is -0.493 e. The van der Waals surface area contributed by atoms with Crippen molar-refractivity contribution in [1.82, 2.24) is 0 Å². The van der Waals surface area contributed by atoms with E-state index in [9.17, 15) is 0 Å². The van der Waals surface area contributed by atoms with Crippen molar-refractivity contribution in [1.29, 1.82) is 0 Å². The monoisotopic (exact) mass is 150 g/mol. The van der Waals surface area contributed by atoms with E-state index in [-0.39, 0.29) is 0 Å². The maximum absolute atomic E-state index is 5.37. The van der Waals surface area contributed by atoms with Gasteiger partial charge in [0.1, 0.15) is 5.76 Å². The summed E-state index contributed by atoms with van der Waals surface area (Å²) >= 11 is 0. The van der Waals surface area contributed by atoms with Crippen LogP contribution in [-0.2, 0) is 4.74 Å². The van der Waals surface area contributed by atoms with E-state index in [1.807, 2.05) is 19.9 Å². The second-order valence-electron chi connectivity index (χ2n) is 2.77. The molecule has 1 rings (SSSR count). The first-order valence-corrected chi connectivity index (χ1v) is 3.89. The van der Waals surface area contributed by atoms with E-state index in [1.165, 1.54) is 5.57 Å². The molecule has 0 radical (unpaired) electrons. The summed E-state index contributed by atoms with van der Waals surface area (Å²) in [6.45, 7) is 8.64. The Morgan fingerprint density at radius 3 is 2.91 bits per heavy atom. The van der Waals surface area contributed by atoms with Crippen molar-refractivity contribution in [2.45, 2.75) is 20.3 Å². The molecule has 0 spiro atoms. The van der Waals surface area contributed by atoms with Crippen molar-refractivity contribution in [3.8, 4) is 0 Å². The topological polar surface area (TPSA) is 9.23 Å². The largest absolute Gasteiger partial charge is 0.493 e. The standard InChI is InChI=1S/C10H14O/c1-4-10-9(5-6-11-10)7-8(2)3/h4,7H,2,5-6H2,1,3H3/b9-7-,10-4+. The molecule has 0 N–H and O–H groups in total. The third-order valence-electron chi connectivity index (χ3n) is 1.63. The molecule has 0 aromatic heterocycles. The van der Waals surface area contributed by atoms with Gasteiger partial charge in [0, 0.05) is 6.42 Å². The molecule has 1 heteroatoms. The van der Waals surface area contributed by atoms with Crippen LogP contribution in [0.5, 0.6) is 0 Å². The third kappa shape index (κ3) is 1.97. The normalized spacial score (nSPS) is 24.2. The highest BCUT2D eigenvalue weighted by atomic mass is 16.5. The first kappa shape index (κ1) is 8.12. The van der Waals surface area contributed by atoms with Crippen LogP contribution in [0.4, 0.5) is 0 Å². The van der Waals surface area contributed by atoms with Crippen molar-refractivity contribution >= 4 is 0 Å². The van der Waals surface area contributed by atoms with Gasteiger partial charge in [-0.15, -0.1) is 0 Å². The van der Waals surface area contributed by atoms with Crippen LogP contribution in [0.2, 0.25) is 0 Å². The van der Waals surface area contributed by atoms with Crippen molar-refractivity contribution in [2.75, 3.05) is 6.61 Å². The summed E-state index contributed by atoms with van der Waals surface area (Å²) < 4.78 is 5.37. The van der Waals surface area contributed by atoms with Gasteiger partial charge in [0.25, 0.3) is 0 Å². The molecule has 1 saturated heterocycles. The molecule has 0 bridgehead atoms. The maximum atomic E-state index is 5.37. The quantitative estimate of drug-likeness (QED) is 0.558. The molecule has 1 aliphatic heterocycles. The predicted octanol–water partition coefficient (Wildman–Crippen LogP) is 2.81. The highest BCUT2D eigenvalue weighted by molar-refractivity contribution is 5.34. The van der Waals surface area contributed by atoms with Crippen molar-refractivity contribution in [3.63, 3.8) is 0 Å². The van der Waals surface area contributed by atoms with Crippen LogP contribution in [-0.4, -0.2) is 6.61 Å². The van der Waals surface area contributed by atoms with Crippen LogP contribution in [0.15, 0.2) is 35.6 Å². The number of ether oxygens (including phenoxy) is 1. The first-order valence-electron chi connectivity index (χ1n) is 3.89. The van der Waals surface area contributed by atoms with E-state index in [0.29, 0.717) is 0 Å². The lowest BCUT2D eigenvalue weighted by molar-refractivity contribution is 0.265. The Morgan fingerprint density at radius 2 is 2.36 bits per heavy atom. The first-order chi connectivity index (χ1) is 5.24. The Balaban J connectivity index is 2.79. The highest BCUT2D eigenvalue weighted by Gasteiger charge is 2.12. The van der Waals surface area contributed by atoms with Crippen molar-refractivity contribution in [2.24, 2.45) is 0 Å². The van der Waals surface area contributed by atoms with Gasteiger partial charge in [-0.1, -0.05) is 18.2 Å². The van der Waals surface area contributed by atoms with Gasteiger partial charge in [0.05, 0.1) is 6.61 Å². The maximum Gasteiger partial charge on any atom is 0.118 e. The fourth-order valence-corrected chi connectivity index (χ4v) is 1.20. The molecule has 1 fully saturated rings. The van der Waals surface area contributed by atoms with Gasteiger partial charge in [-0.3, -0.25) is 0 Å². The average molecular weight is 150 g/mol. The van der Waals surface area contributed by atoms with Crippen LogP contribution in [0.25, 0.3) is 0 Å². The van der Waals surface area contributed by atoms with E-state index in [2.05, 4.69) is 12.7 Å². The van der Waals surface area contributed by atoms with Gasteiger partial charge in [0.15, 0.2) is 0 Å². The van der Waals surface area contributed by atoms with E-state index < -0.39 is 0 Å². The molecule has 0 aliphatic carbocycles. The molecule has 0 amide bonds. The molecule has 1 heterocycles. The van der Waals surface area contributed by atoms with Gasteiger partial charge in [-0.2, -0.15) is 0 Å².